The molecule has 1 amide bonds. The molecule has 0 aliphatic carbocycles. The molecule has 0 aliphatic rings. The maximum atomic E-state index is 12.5. The summed E-state index contributed by atoms with van der Waals surface area (Å²) < 4.78 is 12.8. The Balaban J connectivity index is 1.36. The number of nitrogens with zero attached hydrogens (tertiary/aromatic N) is 1. The van der Waals surface area contributed by atoms with Gasteiger partial charge in [0, 0.05) is 41.6 Å². The zero-order chi connectivity index (χ0) is 23.9. The molecule has 1 N–H and O–H groups in total. The van der Waals surface area contributed by atoms with E-state index in [1.807, 2.05) is 54.6 Å². The first-order chi connectivity index (χ1) is 16.6. The summed E-state index contributed by atoms with van der Waals surface area (Å²) in [5.41, 5.74) is 4.47. The Morgan fingerprint density at radius 1 is 0.912 bits per heavy atom. The van der Waals surface area contributed by atoms with Gasteiger partial charge in [-0.1, -0.05) is 54.1 Å². The number of benzene rings is 3. The van der Waals surface area contributed by atoms with Crippen molar-refractivity contribution in [2.75, 3.05) is 20.8 Å². The van der Waals surface area contributed by atoms with Crippen LogP contribution < -0.4 is 14.8 Å². The summed E-state index contributed by atoms with van der Waals surface area (Å²) in [5, 5.41) is 4.97. The second-order valence-electron chi connectivity index (χ2n) is 8.18. The summed E-state index contributed by atoms with van der Waals surface area (Å²) in [4.78, 5) is 12.5. The second kappa shape index (κ2) is 11.1. The summed E-state index contributed by atoms with van der Waals surface area (Å²) in [6.45, 7) is 1.26. The van der Waals surface area contributed by atoms with E-state index in [0.29, 0.717) is 37.4 Å². The highest BCUT2D eigenvalue weighted by Gasteiger charge is 2.12. The third-order valence-corrected chi connectivity index (χ3v) is 6.34. The number of fused-ring (bicyclic) bond motifs is 1. The van der Waals surface area contributed by atoms with Gasteiger partial charge in [-0.2, -0.15) is 0 Å². The minimum atomic E-state index is 0.0448. The zero-order valence-electron chi connectivity index (χ0n) is 19.5. The van der Waals surface area contributed by atoms with E-state index in [1.165, 1.54) is 5.39 Å². The Morgan fingerprint density at radius 2 is 1.68 bits per heavy atom. The molecule has 3 aromatic carbocycles. The first-order valence-electron chi connectivity index (χ1n) is 11.4. The van der Waals surface area contributed by atoms with E-state index in [0.717, 1.165) is 33.7 Å². The van der Waals surface area contributed by atoms with Crippen LogP contribution in [0.25, 0.3) is 10.9 Å². The summed E-state index contributed by atoms with van der Waals surface area (Å²) >= 11 is 6.38. The fourth-order valence-electron chi connectivity index (χ4n) is 4.18. The summed E-state index contributed by atoms with van der Waals surface area (Å²) in [6, 6.07) is 22.0. The van der Waals surface area contributed by atoms with Crippen LogP contribution in [0.2, 0.25) is 5.02 Å². The van der Waals surface area contributed by atoms with Gasteiger partial charge in [-0.25, -0.2) is 0 Å². The molecule has 1 aromatic heterocycles. The molecule has 4 rings (SSSR count). The molecule has 34 heavy (non-hydrogen) atoms. The molecule has 0 aliphatic heterocycles. The Labute approximate surface area is 205 Å². The molecule has 0 atom stereocenters. The maximum Gasteiger partial charge on any atom is 0.220 e. The van der Waals surface area contributed by atoms with Crippen LogP contribution in [0.15, 0.2) is 72.9 Å². The van der Waals surface area contributed by atoms with Gasteiger partial charge in [-0.3, -0.25) is 4.79 Å². The lowest BCUT2D eigenvalue weighted by atomic mass is 10.1. The van der Waals surface area contributed by atoms with Gasteiger partial charge < -0.3 is 19.4 Å². The van der Waals surface area contributed by atoms with Crippen molar-refractivity contribution < 1.29 is 14.3 Å². The Hall–Kier alpha value is -3.44. The second-order valence-corrected chi connectivity index (χ2v) is 8.59. The van der Waals surface area contributed by atoms with Gasteiger partial charge in [0.05, 0.1) is 14.2 Å². The predicted molar refractivity (Wildman–Crippen MR) is 137 cm³/mol. The van der Waals surface area contributed by atoms with Gasteiger partial charge in [0.15, 0.2) is 11.5 Å². The fraction of sp³-hybridized carbons (Fsp3) is 0.250. The molecule has 4 aromatic rings. The molecule has 0 spiro atoms. The molecule has 0 bridgehead atoms. The third kappa shape index (κ3) is 5.54. The summed E-state index contributed by atoms with van der Waals surface area (Å²) in [6.07, 6.45) is 3.98. The van der Waals surface area contributed by atoms with Crippen LogP contribution in [0, 0.1) is 0 Å². The molecule has 0 saturated carbocycles. The van der Waals surface area contributed by atoms with Crippen molar-refractivity contribution in [2.24, 2.45) is 0 Å². The van der Waals surface area contributed by atoms with E-state index in [4.69, 9.17) is 21.1 Å². The van der Waals surface area contributed by atoms with Gasteiger partial charge in [-0.05, 0) is 53.8 Å². The highest BCUT2D eigenvalue weighted by molar-refractivity contribution is 6.31. The minimum absolute atomic E-state index is 0.0448. The first-order valence-corrected chi connectivity index (χ1v) is 11.7. The first kappa shape index (κ1) is 23.7. The quantitative estimate of drug-likeness (QED) is 0.321. The van der Waals surface area contributed by atoms with Gasteiger partial charge in [0.2, 0.25) is 5.91 Å². The number of methoxy groups -OCH3 is 2. The van der Waals surface area contributed by atoms with Crippen LogP contribution in [0.4, 0.5) is 0 Å². The zero-order valence-corrected chi connectivity index (χ0v) is 20.3. The number of amides is 1. The standard InChI is InChI=1S/C28H29ClN2O3/c1-33-26-13-11-20(17-27(26)34-2)15-16-30-28(32)14-12-21-18-31(25-10-6-4-8-23(21)25)19-22-7-3-5-9-24(22)29/h3-11,13,17-18H,12,14-16,19H2,1-2H3,(H,30,32). The highest BCUT2D eigenvalue weighted by atomic mass is 35.5. The number of carbonyl (C=O) groups excluding carboxylic acids is 1. The number of hydrogen-bond donors (Lipinski definition) is 1. The van der Waals surface area contributed by atoms with Gasteiger partial charge >= 0.3 is 0 Å². The van der Waals surface area contributed by atoms with Crippen LogP contribution in [-0.2, 0) is 24.2 Å². The maximum absolute atomic E-state index is 12.5. The van der Waals surface area contributed by atoms with E-state index in [9.17, 15) is 4.79 Å². The number of carbonyl (C=O) groups is 1. The van der Waals surface area contributed by atoms with E-state index >= 15 is 0 Å². The lowest BCUT2D eigenvalue weighted by molar-refractivity contribution is -0.121. The van der Waals surface area contributed by atoms with E-state index in [2.05, 4.69) is 28.2 Å². The average molecular weight is 477 g/mol. The van der Waals surface area contributed by atoms with Crippen molar-refractivity contribution in [3.05, 3.63) is 94.6 Å². The number of nitrogens with one attached hydrogen (secondary N) is 1. The van der Waals surface area contributed by atoms with Crippen LogP contribution in [-0.4, -0.2) is 31.2 Å². The van der Waals surface area contributed by atoms with Crippen molar-refractivity contribution in [1.29, 1.82) is 0 Å². The van der Waals surface area contributed by atoms with Crippen LogP contribution in [0.1, 0.15) is 23.1 Å². The molecule has 176 valence electrons. The molecule has 0 fully saturated rings. The third-order valence-electron chi connectivity index (χ3n) is 5.97. The number of aryl methyl sites for hydroxylation is 1. The van der Waals surface area contributed by atoms with E-state index < -0.39 is 0 Å². The molecule has 6 heteroatoms. The van der Waals surface area contributed by atoms with Gasteiger partial charge in [-0.15, -0.1) is 0 Å². The molecule has 5 nitrogen and oxygen atoms in total. The number of rotatable bonds is 10. The molecule has 1 heterocycles. The van der Waals surface area contributed by atoms with Gasteiger partial charge in [0.1, 0.15) is 0 Å². The normalized spacial score (nSPS) is 10.9. The number of para-hydroxylation sites is 1. The van der Waals surface area contributed by atoms with E-state index in [1.54, 1.807) is 14.2 Å². The van der Waals surface area contributed by atoms with Crippen molar-refractivity contribution in [3.8, 4) is 11.5 Å². The van der Waals surface area contributed by atoms with Crippen molar-refractivity contribution >= 4 is 28.4 Å². The smallest absolute Gasteiger partial charge is 0.220 e. The Kier molecular flexibility index (Phi) is 7.76. The SMILES string of the molecule is COc1ccc(CCNC(=O)CCc2cn(Cc3ccccc3Cl)c3ccccc23)cc1OC. The Bertz CT molecular complexity index is 1280. The van der Waals surface area contributed by atoms with Crippen LogP contribution in [0.5, 0.6) is 11.5 Å². The number of ether oxygens (including phenoxy) is 2. The number of hydrogen-bond acceptors (Lipinski definition) is 3. The topological polar surface area (TPSA) is 52.5 Å². The number of halogens is 1. The largest absolute Gasteiger partial charge is 0.493 e. The molecular formula is C28H29ClN2O3. The molecular weight excluding hydrogens is 448 g/mol. The van der Waals surface area contributed by atoms with E-state index in [-0.39, 0.29) is 5.91 Å². The van der Waals surface area contributed by atoms with Gasteiger partial charge in [0.25, 0.3) is 0 Å². The monoisotopic (exact) mass is 476 g/mol. The summed E-state index contributed by atoms with van der Waals surface area (Å²) in [7, 11) is 3.24. The summed E-state index contributed by atoms with van der Waals surface area (Å²) in [5.74, 6) is 1.44. The van der Waals surface area contributed by atoms with Crippen LogP contribution in [0.3, 0.4) is 0 Å². The highest BCUT2D eigenvalue weighted by Crippen LogP contribution is 2.28. The average Bonchev–Trinajstić information content (AvgIpc) is 3.21. The lowest BCUT2D eigenvalue weighted by Gasteiger charge is -2.10. The van der Waals surface area contributed by atoms with Crippen molar-refractivity contribution in [1.82, 2.24) is 9.88 Å². The molecule has 0 saturated heterocycles. The lowest BCUT2D eigenvalue weighted by Crippen LogP contribution is -2.25. The predicted octanol–water partition coefficient (Wildman–Crippen LogP) is 5.65. The minimum Gasteiger partial charge on any atom is -0.493 e. The number of aromatic nitrogens is 1. The fourth-order valence-corrected chi connectivity index (χ4v) is 4.38. The van der Waals surface area contributed by atoms with Crippen LogP contribution >= 0.6 is 11.6 Å². The van der Waals surface area contributed by atoms with Crippen molar-refractivity contribution in [3.63, 3.8) is 0 Å². The Morgan fingerprint density at radius 3 is 2.47 bits per heavy atom. The van der Waals surface area contributed by atoms with Crippen molar-refractivity contribution in [2.45, 2.75) is 25.8 Å². The molecule has 0 radical (unpaired) electrons. The molecule has 0 unspecified atom stereocenters.